The van der Waals surface area contributed by atoms with Crippen molar-refractivity contribution in [1.82, 2.24) is 9.80 Å². The molecule has 0 atom stereocenters. The first-order chi connectivity index (χ1) is 12.2. The molecule has 0 spiro atoms. The van der Waals surface area contributed by atoms with E-state index in [1.807, 2.05) is 25.1 Å². The van der Waals surface area contributed by atoms with Gasteiger partial charge in [-0.15, -0.1) is 0 Å². The highest BCUT2D eigenvalue weighted by Crippen LogP contribution is 2.15. The molecule has 25 heavy (non-hydrogen) atoms. The second-order valence-corrected chi connectivity index (χ2v) is 6.57. The van der Waals surface area contributed by atoms with Crippen LogP contribution in [0.15, 0.2) is 48.5 Å². The SMILES string of the molecule is CCOc1ccc(CN2CCN(CCc3cccc(F)c3)CC2)cc1. The van der Waals surface area contributed by atoms with Crippen molar-refractivity contribution in [3.05, 3.63) is 65.5 Å². The molecule has 0 bridgehead atoms. The molecule has 0 aliphatic carbocycles. The second kappa shape index (κ2) is 8.97. The van der Waals surface area contributed by atoms with Crippen LogP contribution in [-0.4, -0.2) is 49.1 Å². The van der Waals surface area contributed by atoms with Crippen LogP contribution in [0.3, 0.4) is 0 Å². The summed E-state index contributed by atoms with van der Waals surface area (Å²) >= 11 is 0. The predicted octanol–water partition coefficient (Wildman–Crippen LogP) is 3.58. The standard InChI is InChI=1S/C21H27FN2O/c1-2-25-21-8-6-19(7-9-21)17-24-14-12-23(13-15-24)11-10-18-4-3-5-20(22)16-18/h3-9,16H,2,10-15,17H2,1H3. The molecule has 0 N–H and O–H groups in total. The van der Waals surface area contributed by atoms with Gasteiger partial charge in [-0.25, -0.2) is 4.39 Å². The van der Waals surface area contributed by atoms with Gasteiger partial charge in [0.05, 0.1) is 6.61 Å². The lowest BCUT2D eigenvalue weighted by atomic mass is 10.1. The van der Waals surface area contributed by atoms with Crippen LogP contribution in [0.2, 0.25) is 0 Å². The fraction of sp³-hybridized carbons (Fsp3) is 0.429. The number of ether oxygens (including phenoxy) is 1. The summed E-state index contributed by atoms with van der Waals surface area (Å²) in [4.78, 5) is 4.97. The zero-order chi connectivity index (χ0) is 17.5. The van der Waals surface area contributed by atoms with Gasteiger partial charge in [0.25, 0.3) is 0 Å². The van der Waals surface area contributed by atoms with Gasteiger partial charge in [0, 0.05) is 39.3 Å². The van der Waals surface area contributed by atoms with Crippen molar-refractivity contribution in [2.75, 3.05) is 39.3 Å². The summed E-state index contributed by atoms with van der Waals surface area (Å²) in [5.41, 5.74) is 2.41. The van der Waals surface area contributed by atoms with Crippen LogP contribution >= 0.6 is 0 Å². The third-order valence-corrected chi connectivity index (χ3v) is 4.71. The van der Waals surface area contributed by atoms with Crippen molar-refractivity contribution in [2.45, 2.75) is 19.9 Å². The normalized spacial score (nSPS) is 16.1. The maximum absolute atomic E-state index is 13.2. The number of benzene rings is 2. The average molecular weight is 342 g/mol. The van der Waals surface area contributed by atoms with E-state index in [1.165, 1.54) is 11.6 Å². The van der Waals surface area contributed by atoms with Gasteiger partial charge in [-0.1, -0.05) is 24.3 Å². The minimum absolute atomic E-state index is 0.141. The number of hydrogen-bond donors (Lipinski definition) is 0. The van der Waals surface area contributed by atoms with E-state index < -0.39 is 0 Å². The van der Waals surface area contributed by atoms with Crippen molar-refractivity contribution >= 4 is 0 Å². The molecule has 2 aromatic rings. The fourth-order valence-corrected chi connectivity index (χ4v) is 3.27. The minimum Gasteiger partial charge on any atom is -0.494 e. The van der Waals surface area contributed by atoms with Crippen molar-refractivity contribution < 1.29 is 9.13 Å². The van der Waals surface area contributed by atoms with E-state index in [4.69, 9.17) is 4.74 Å². The van der Waals surface area contributed by atoms with E-state index >= 15 is 0 Å². The molecule has 0 saturated carbocycles. The van der Waals surface area contributed by atoms with Crippen molar-refractivity contribution in [2.24, 2.45) is 0 Å². The van der Waals surface area contributed by atoms with Crippen LogP contribution in [-0.2, 0) is 13.0 Å². The Kier molecular flexibility index (Phi) is 6.42. The van der Waals surface area contributed by atoms with Crippen LogP contribution in [0.25, 0.3) is 0 Å². The molecule has 0 unspecified atom stereocenters. The van der Waals surface area contributed by atoms with E-state index in [2.05, 4.69) is 21.9 Å². The highest BCUT2D eigenvalue weighted by atomic mass is 19.1. The lowest BCUT2D eigenvalue weighted by Crippen LogP contribution is -2.46. The minimum atomic E-state index is -0.141. The Morgan fingerprint density at radius 1 is 0.920 bits per heavy atom. The first-order valence-electron chi connectivity index (χ1n) is 9.14. The highest BCUT2D eigenvalue weighted by molar-refractivity contribution is 5.27. The largest absolute Gasteiger partial charge is 0.494 e. The molecule has 1 saturated heterocycles. The number of nitrogens with zero attached hydrogens (tertiary/aromatic N) is 2. The van der Waals surface area contributed by atoms with Crippen LogP contribution in [0.5, 0.6) is 5.75 Å². The molecule has 0 amide bonds. The van der Waals surface area contributed by atoms with Gasteiger partial charge in [0.1, 0.15) is 11.6 Å². The van der Waals surface area contributed by atoms with Crippen LogP contribution in [0.4, 0.5) is 4.39 Å². The Labute approximate surface area is 150 Å². The van der Waals surface area contributed by atoms with E-state index in [1.54, 1.807) is 12.1 Å². The van der Waals surface area contributed by atoms with E-state index in [9.17, 15) is 4.39 Å². The van der Waals surface area contributed by atoms with Crippen LogP contribution < -0.4 is 4.74 Å². The molecule has 1 heterocycles. The first kappa shape index (κ1) is 17.9. The molecule has 2 aromatic carbocycles. The summed E-state index contributed by atoms with van der Waals surface area (Å²) in [6.07, 6.45) is 0.913. The van der Waals surface area contributed by atoms with Gasteiger partial charge in [-0.3, -0.25) is 4.90 Å². The van der Waals surface area contributed by atoms with Gasteiger partial charge in [-0.05, 0) is 48.7 Å². The Hall–Kier alpha value is -1.91. The number of rotatable bonds is 7. The predicted molar refractivity (Wildman–Crippen MR) is 99.4 cm³/mol. The molecule has 1 fully saturated rings. The summed E-state index contributed by atoms with van der Waals surface area (Å²) in [6, 6.07) is 15.3. The van der Waals surface area contributed by atoms with Gasteiger partial charge >= 0.3 is 0 Å². The second-order valence-electron chi connectivity index (χ2n) is 6.57. The first-order valence-corrected chi connectivity index (χ1v) is 9.14. The quantitative estimate of drug-likeness (QED) is 0.765. The molecule has 1 aliphatic heterocycles. The maximum atomic E-state index is 13.2. The molecule has 0 aromatic heterocycles. The smallest absolute Gasteiger partial charge is 0.123 e. The summed E-state index contributed by atoms with van der Waals surface area (Å²) in [6.45, 7) is 9.01. The van der Waals surface area contributed by atoms with Gasteiger partial charge in [0.15, 0.2) is 0 Å². The Morgan fingerprint density at radius 3 is 2.32 bits per heavy atom. The summed E-state index contributed by atoms with van der Waals surface area (Å²) < 4.78 is 18.7. The van der Waals surface area contributed by atoms with Crippen LogP contribution in [0.1, 0.15) is 18.1 Å². The third kappa shape index (κ3) is 5.55. The van der Waals surface area contributed by atoms with Gasteiger partial charge < -0.3 is 9.64 Å². The molecule has 3 rings (SSSR count). The highest BCUT2D eigenvalue weighted by Gasteiger charge is 2.16. The average Bonchev–Trinajstić information content (AvgIpc) is 2.63. The summed E-state index contributed by atoms with van der Waals surface area (Å²) in [5.74, 6) is 0.797. The molecule has 3 nitrogen and oxygen atoms in total. The lowest BCUT2D eigenvalue weighted by molar-refractivity contribution is 0.128. The van der Waals surface area contributed by atoms with Gasteiger partial charge in [-0.2, -0.15) is 0 Å². The zero-order valence-electron chi connectivity index (χ0n) is 15.0. The monoisotopic (exact) mass is 342 g/mol. The van der Waals surface area contributed by atoms with Gasteiger partial charge in [0.2, 0.25) is 0 Å². The lowest BCUT2D eigenvalue weighted by Gasteiger charge is -2.34. The van der Waals surface area contributed by atoms with E-state index in [0.29, 0.717) is 6.61 Å². The van der Waals surface area contributed by atoms with E-state index in [-0.39, 0.29) is 5.82 Å². The topological polar surface area (TPSA) is 15.7 Å². The third-order valence-electron chi connectivity index (χ3n) is 4.71. The molecular formula is C21H27FN2O. The Morgan fingerprint density at radius 2 is 1.64 bits per heavy atom. The van der Waals surface area contributed by atoms with E-state index in [0.717, 1.165) is 57.0 Å². The molecule has 1 aliphatic rings. The molecular weight excluding hydrogens is 315 g/mol. The zero-order valence-corrected chi connectivity index (χ0v) is 15.0. The van der Waals surface area contributed by atoms with Crippen LogP contribution in [0, 0.1) is 5.82 Å². The molecule has 4 heteroatoms. The van der Waals surface area contributed by atoms with Crippen molar-refractivity contribution in [1.29, 1.82) is 0 Å². The summed E-state index contributed by atoms with van der Waals surface area (Å²) in [7, 11) is 0. The fourth-order valence-electron chi connectivity index (χ4n) is 3.27. The van der Waals surface area contributed by atoms with Crippen molar-refractivity contribution in [3.8, 4) is 5.75 Å². The molecule has 134 valence electrons. The summed E-state index contributed by atoms with van der Waals surface area (Å²) in [5, 5.41) is 0. The number of hydrogen-bond acceptors (Lipinski definition) is 3. The molecule has 0 radical (unpaired) electrons. The Balaban J connectivity index is 1.41. The van der Waals surface area contributed by atoms with Crippen molar-refractivity contribution in [3.63, 3.8) is 0 Å². The number of piperazine rings is 1. The Bertz CT molecular complexity index is 651. The number of halogens is 1. The maximum Gasteiger partial charge on any atom is 0.123 e.